The molecule has 4 rings (SSSR count). The molecule has 178 valence electrons. The van der Waals surface area contributed by atoms with E-state index in [0.29, 0.717) is 19.0 Å². The van der Waals surface area contributed by atoms with Crippen LogP contribution in [0, 0.1) is 6.92 Å². The fourth-order valence-corrected chi connectivity index (χ4v) is 5.16. The van der Waals surface area contributed by atoms with Crippen molar-refractivity contribution in [3.05, 3.63) is 101 Å². The van der Waals surface area contributed by atoms with Gasteiger partial charge in [-0.05, 0) is 53.9 Å². The first-order valence-electron chi connectivity index (χ1n) is 12.0. The van der Waals surface area contributed by atoms with Crippen LogP contribution in [0.15, 0.2) is 78.9 Å². The molecule has 34 heavy (non-hydrogen) atoms. The highest BCUT2D eigenvalue weighted by molar-refractivity contribution is 6.74. The summed E-state index contributed by atoms with van der Waals surface area (Å²) < 4.78 is 8.68. The van der Waals surface area contributed by atoms with Gasteiger partial charge in [0.1, 0.15) is 0 Å². The van der Waals surface area contributed by atoms with Crippen LogP contribution in [0.5, 0.6) is 0 Å². The van der Waals surface area contributed by atoms with Crippen molar-refractivity contribution in [2.45, 2.75) is 58.0 Å². The zero-order valence-electron chi connectivity index (χ0n) is 21.2. The molecule has 1 N–H and O–H groups in total. The lowest BCUT2D eigenvalue weighted by molar-refractivity contribution is 0.110. The molecule has 1 heterocycles. The Kier molecular flexibility index (Phi) is 6.56. The molecule has 0 bridgehead atoms. The average Bonchev–Trinajstić information content (AvgIpc) is 3.17. The Bertz CT molecular complexity index is 1220. The van der Waals surface area contributed by atoms with Crippen LogP contribution >= 0.6 is 0 Å². The molecule has 0 saturated heterocycles. The van der Waals surface area contributed by atoms with E-state index >= 15 is 0 Å². The van der Waals surface area contributed by atoms with Gasteiger partial charge in [-0.2, -0.15) is 0 Å². The number of fused-ring (bicyclic) bond motifs is 1. The zero-order valence-corrected chi connectivity index (χ0v) is 22.2. The third-order valence-electron chi connectivity index (χ3n) is 7.19. The minimum Gasteiger partial charge on any atom is -0.415 e. The van der Waals surface area contributed by atoms with Crippen molar-refractivity contribution < 1.29 is 9.53 Å². The summed E-state index contributed by atoms with van der Waals surface area (Å²) in [5.41, 5.74) is 3.23. The van der Waals surface area contributed by atoms with Gasteiger partial charge in [0, 0.05) is 6.54 Å². The van der Waals surface area contributed by atoms with Crippen LogP contribution < -0.4 is 0 Å². The lowest BCUT2D eigenvalue weighted by Gasteiger charge is -2.36. The maximum Gasteiger partial charge on any atom is 0.192 e. The van der Waals surface area contributed by atoms with Crippen molar-refractivity contribution in [1.82, 2.24) is 9.55 Å². The number of hydrogen-bond donors (Lipinski definition) is 1. The van der Waals surface area contributed by atoms with E-state index in [9.17, 15) is 5.11 Å². The maximum atomic E-state index is 12.4. The van der Waals surface area contributed by atoms with Gasteiger partial charge in [0.15, 0.2) is 19.7 Å². The van der Waals surface area contributed by atoms with Crippen molar-refractivity contribution in [3.8, 4) is 0 Å². The molecule has 4 aromatic rings. The molecule has 5 heteroatoms. The highest BCUT2D eigenvalue weighted by atomic mass is 28.4. The molecular formula is C29H36N2O2Si. The van der Waals surface area contributed by atoms with Gasteiger partial charge in [0.2, 0.25) is 0 Å². The van der Waals surface area contributed by atoms with Crippen molar-refractivity contribution >= 4 is 19.4 Å². The Morgan fingerprint density at radius 2 is 1.44 bits per heavy atom. The summed E-state index contributed by atoms with van der Waals surface area (Å²) in [5, 5.41) is 12.6. The average molecular weight is 473 g/mol. The number of rotatable bonds is 7. The van der Waals surface area contributed by atoms with Crippen molar-refractivity contribution in [1.29, 1.82) is 0 Å². The van der Waals surface area contributed by atoms with Crippen molar-refractivity contribution in [3.63, 3.8) is 0 Å². The Morgan fingerprint density at radius 1 is 0.882 bits per heavy atom. The molecule has 1 aromatic heterocycles. The number of aryl methyl sites for hydroxylation is 1. The van der Waals surface area contributed by atoms with Gasteiger partial charge in [0.25, 0.3) is 0 Å². The van der Waals surface area contributed by atoms with Crippen LogP contribution in [0.25, 0.3) is 11.0 Å². The number of nitrogens with zero attached hydrogens (tertiary/aromatic N) is 2. The summed E-state index contributed by atoms with van der Waals surface area (Å²) in [4.78, 5) is 5.01. The quantitative estimate of drug-likeness (QED) is 0.306. The summed E-state index contributed by atoms with van der Waals surface area (Å²) in [7, 11) is -1.90. The molecule has 4 nitrogen and oxygen atoms in total. The Hall–Kier alpha value is -2.73. The van der Waals surface area contributed by atoms with E-state index in [1.54, 1.807) is 0 Å². The van der Waals surface area contributed by atoms with Gasteiger partial charge in [-0.25, -0.2) is 4.98 Å². The van der Waals surface area contributed by atoms with E-state index in [1.165, 1.54) is 0 Å². The van der Waals surface area contributed by atoms with Crippen LogP contribution in [-0.2, 0) is 16.6 Å². The van der Waals surface area contributed by atoms with E-state index in [-0.39, 0.29) is 5.04 Å². The zero-order chi connectivity index (χ0) is 24.6. The largest absolute Gasteiger partial charge is 0.415 e. The molecule has 0 amide bonds. The fraction of sp³-hybridized carbons (Fsp3) is 0.345. The second-order valence-electron chi connectivity index (χ2n) is 10.6. The van der Waals surface area contributed by atoms with Crippen LogP contribution in [0.2, 0.25) is 18.1 Å². The minimum atomic E-state index is -1.90. The van der Waals surface area contributed by atoms with Crippen molar-refractivity contribution in [2.75, 3.05) is 6.61 Å². The predicted molar refractivity (Wildman–Crippen MR) is 143 cm³/mol. The summed E-state index contributed by atoms with van der Waals surface area (Å²) >= 11 is 0. The number of aliphatic hydroxyl groups is 1. The number of imidazole rings is 1. The molecule has 0 unspecified atom stereocenters. The van der Waals surface area contributed by atoms with Gasteiger partial charge in [-0.1, -0.05) is 87.5 Å². The molecule has 0 aliphatic carbocycles. The molecule has 0 saturated carbocycles. The van der Waals surface area contributed by atoms with E-state index in [2.05, 4.69) is 57.5 Å². The van der Waals surface area contributed by atoms with Crippen LogP contribution in [-0.4, -0.2) is 29.6 Å². The standard InChI is InChI=1S/C29H36N2O2Si/c1-22-17-18-25-26(21-22)31(19-20-33-34(5,6)28(2,3)4)27(30-25)29(32,23-13-9-7-10-14-23)24-15-11-8-12-16-24/h7-18,21,32H,19-20H2,1-6H3. The lowest BCUT2D eigenvalue weighted by atomic mass is 9.85. The highest BCUT2D eigenvalue weighted by Crippen LogP contribution is 2.39. The maximum absolute atomic E-state index is 12.4. The van der Waals surface area contributed by atoms with Gasteiger partial charge < -0.3 is 14.1 Å². The summed E-state index contributed by atoms with van der Waals surface area (Å²) in [5.74, 6) is 0.615. The first-order valence-corrected chi connectivity index (χ1v) is 14.9. The van der Waals surface area contributed by atoms with Gasteiger partial charge in [-0.3, -0.25) is 0 Å². The number of aromatic nitrogens is 2. The molecule has 3 aromatic carbocycles. The monoisotopic (exact) mass is 472 g/mol. The number of hydrogen-bond acceptors (Lipinski definition) is 3. The third kappa shape index (κ3) is 4.48. The second-order valence-corrected chi connectivity index (χ2v) is 15.4. The topological polar surface area (TPSA) is 47.3 Å². The fourth-order valence-electron chi connectivity index (χ4n) is 4.13. The molecule has 0 atom stereocenters. The lowest BCUT2D eigenvalue weighted by Crippen LogP contribution is -2.41. The van der Waals surface area contributed by atoms with E-state index in [4.69, 9.17) is 9.41 Å². The first-order chi connectivity index (χ1) is 16.0. The summed E-state index contributed by atoms with van der Waals surface area (Å²) in [6.45, 7) is 14.6. The molecule has 0 fully saturated rings. The van der Waals surface area contributed by atoms with Gasteiger partial charge in [-0.15, -0.1) is 0 Å². The predicted octanol–water partition coefficient (Wildman–Crippen LogP) is 6.65. The first kappa shape index (κ1) is 24.4. The highest BCUT2D eigenvalue weighted by Gasteiger charge is 2.40. The molecular weight excluding hydrogens is 436 g/mol. The Morgan fingerprint density at radius 3 is 1.97 bits per heavy atom. The number of benzene rings is 3. The van der Waals surface area contributed by atoms with E-state index in [1.807, 2.05) is 66.7 Å². The Labute approximate surface area is 204 Å². The normalized spacial score (nSPS) is 12.9. The van der Waals surface area contributed by atoms with Crippen LogP contribution in [0.1, 0.15) is 43.3 Å². The van der Waals surface area contributed by atoms with Crippen molar-refractivity contribution in [2.24, 2.45) is 0 Å². The molecule has 0 aliphatic heterocycles. The van der Waals surface area contributed by atoms with Gasteiger partial charge >= 0.3 is 0 Å². The summed E-state index contributed by atoms with van der Waals surface area (Å²) in [6.07, 6.45) is 0. The third-order valence-corrected chi connectivity index (χ3v) is 11.7. The van der Waals surface area contributed by atoms with Gasteiger partial charge in [0.05, 0.1) is 17.6 Å². The van der Waals surface area contributed by atoms with E-state index < -0.39 is 13.9 Å². The second kappa shape index (κ2) is 9.14. The van der Waals surface area contributed by atoms with E-state index in [0.717, 1.165) is 27.7 Å². The van der Waals surface area contributed by atoms with Crippen LogP contribution in [0.3, 0.4) is 0 Å². The van der Waals surface area contributed by atoms with Crippen LogP contribution in [0.4, 0.5) is 0 Å². The molecule has 0 aliphatic rings. The molecule has 0 radical (unpaired) electrons. The minimum absolute atomic E-state index is 0.137. The molecule has 0 spiro atoms. The Balaban J connectivity index is 1.87. The summed E-state index contributed by atoms with van der Waals surface area (Å²) in [6, 6.07) is 25.9. The SMILES string of the molecule is Cc1ccc2nc(C(O)(c3ccccc3)c3ccccc3)n(CCO[Si](C)(C)C(C)(C)C)c2c1. The smallest absolute Gasteiger partial charge is 0.192 e.